The number of nitrogens with zero attached hydrogens (tertiary/aromatic N) is 2. The van der Waals surface area contributed by atoms with Crippen molar-refractivity contribution in [3.8, 4) is 0 Å². The first-order chi connectivity index (χ1) is 6.86. The van der Waals surface area contributed by atoms with Crippen molar-refractivity contribution >= 4 is 23.3 Å². The highest BCUT2D eigenvalue weighted by Gasteiger charge is 2.27. The molecule has 0 aliphatic carbocycles. The van der Waals surface area contributed by atoms with Gasteiger partial charge in [0.05, 0.1) is 5.41 Å². The van der Waals surface area contributed by atoms with Crippen molar-refractivity contribution in [2.24, 2.45) is 12.5 Å². The summed E-state index contributed by atoms with van der Waals surface area (Å²) in [6, 6.07) is 0. The van der Waals surface area contributed by atoms with Gasteiger partial charge in [0.25, 0.3) is 0 Å². The van der Waals surface area contributed by atoms with Crippen LogP contribution in [-0.2, 0) is 11.8 Å². The molecule has 0 aliphatic heterocycles. The SMILES string of the molecule is Cc1cn(C)nc1NC(=O)C(C)(C)CCl. The highest BCUT2D eigenvalue weighted by atomic mass is 35.5. The molecular weight excluding hydrogens is 214 g/mol. The van der Waals surface area contributed by atoms with E-state index in [2.05, 4.69) is 10.4 Å². The first-order valence-corrected chi connectivity index (χ1v) is 5.28. The molecule has 1 heterocycles. The quantitative estimate of drug-likeness (QED) is 0.806. The predicted octanol–water partition coefficient (Wildman–Crippen LogP) is 1.93. The maximum absolute atomic E-state index is 11.8. The summed E-state index contributed by atoms with van der Waals surface area (Å²) in [5, 5.41) is 6.91. The largest absolute Gasteiger partial charge is 0.308 e. The van der Waals surface area contributed by atoms with E-state index in [4.69, 9.17) is 11.6 Å². The lowest BCUT2D eigenvalue weighted by atomic mass is 9.95. The van der Waals surface area contributed by atoms with Crippen molar-refractivity contribution in [3.63, 3.8) is 0 Å². The molecule has 1 aromatic heterocycles. The third kappa shape index (κ3) is 2.72. The van der Waals surface area contributed by atoms with Crippen LogP contribution in [0, 0.1) is 12.3 Å². The molecule has 4 nitrogen and oxygen atoms in total. The van der Waals surface area contributed by atoms with E-state index >= 15 is 0 Å². The number of aromatic nitrogens is 2. The van der Waals surface area contributed by atoms with Crippen LogP contribution >= 0.6 is 11.6 Å². The smallest absolute Gasteiger partial charge is 0.232 e. The van der Waals surface area contributed by atoms with Gasteiger partial charge in [-0.05, 0) is 20.8 Å². The lowest BCUT2D eigenvalue weighted by Crippen LogP contribution is -2.32. The molecular formula is C10H16ClN3O. The van der Waals surface area contributed by atoms with Gasteiger partial charge >= 0.3 is 0 Å². The van der Waals surface area contributed by atoms with E-state index in [9.17, 15) is 4.79 Å². The summed E-state index contributed by atoms with van der Waals surface area (Å²) in [4.78, 5) is 11.8. The van der Waals surface area contributed by atoms with Gasteiger partial charge in [-0.25, -0.2) is 0 Å². The Labute approximate surface area is 94.6 Å². The van der Waals surface area contributed by atoms with E-state index in [1.54, 1.807) is 18.5 Å². The van der Waals surface area contributed by atoms with Crippen LogP contribution in [0.1, 0.15) is 19.4 Å². The van der Waals surface area contributed by atoms with Crippen LogP contribution in [0.4, 0.5) is 5.82 Å². The summed E-state index contributed by atoms with van der Waals surface area (Å²) in [6.07, 6.45) is 1.85. The molecule has 0 fully saturated rings. The standard InChI is InChI=1S/C10H16ClN3O/c1-7-5-14(4)13-8(7)12-9(15)10(2,3)6-11/h5H,6H2,1-4H3,(H,12,13,15). The van der Waals surface area contributed by atoms with E-state index in [1.807, 2.05) is 20.2 Å². The van der Waals surface area contributed by atoms with Crippen LogP contribution in [0.2, 0.25) is 0 Å². The average Bonchev–Trinajstić information content (AvgIpc) is 2.45. The van der Waals surface area contributed by atoms with E-state index < -0.39 is 5.41 Å². The van der Waals surface area contributed by atoms with E-state index in [-0.39, 0.29) is 11.8 Å². The third-order valence-electron chi connectivity index (χ3n) is 2.19. The molecule has 15 heavy (non-hydrogen) atoms. The van der Waals surface area contributed by atoms with E-state index in [0.717, 1.165) is 5.56 Å². The summed E-state index contributed by atoms with van der Waals surface area (Å²) in [5.74, 6) is 0.769. The maximum atomic E-state index is 11.8. The molecule has 0 radical (unpaired) electrons. The zero-order valence-corrected chi connectivity index (χ0v) is 10.2. The van der Waals surface area contributed by atoms with E-state index in [1.165, 1.54) is 0 Å². The second-order valence-electron chi connectivity index (χ2n) is 4.31. The number of carbonyl (C=O) groups is 1. The molecule has 0 spiro atoms. The molecule has 1 N–H and O–H groups in total. The van der Waals surface area contributed by atoms with E-state index in [0.29, 0.717) is 5.82 Å². The van der Waals surface area contributed by atoms with Gasteiger partial charge in [0.15, 0.2) is 5.82 Å². The first kappa shape index (κ1) is 12.0. The van der Waals surface area contributed by atoms with Gasteiger partial charge in [-0.15, -0.1) is 11.6 Å². The van der Waals surface area contributed by atoms with Gasteiger partial charge in [0, 0.05) is 24.7 Å². The number of hydrogen-bond acceptors (Lipinski definition) is 2. The minimum Gasteiger partial charge on any atom is -0.308 e. The number of hydrogen-bond donors (Lipinski definition) is 1. The number of rotatable bonds is 3. The minimum atomic E-state index is -0.578. The Morgan fingerprint density at radius 1 is 1.67 bits per heavy atom. The first-order valence-electron chi connectivity index (χ1n) is 4.74. The Balaban J connectivity index is 2.79. The highest BCUT2D eigenvalue weighted by molar-refractivity contribution is 6.20. The van der Waals surface area contributed by atoms with Crippen LogP contribution in [0.5, 0.6) is 0 Å². The Bertz CT molecular complexity index is 371. The fourth-order valence-corrected chi connectivity index (χ4v) is 1.19. The van der Waals surface area contributed by atoms with Gasteiger partial charge in [-0.3, -0.25) is 9.48 Å². The molecule has 84 valence electrons. The molecule has 5 heteroatoms. The molecule has 0 aliphatic rings. The molecule has 0 aromatic carbocycles. The van der Waals surface area contributed by atoms with Gasteiger partial charge in [-0.1, -0.05) is 0 Å². The van der Waals surface area contributed by atoms with Crippen LogP contribution in [0.3, 0.4) is 0 Å². The number of alkyl halides is 1. The number of carbonyl (C=O) groups excluding carboxylic acids is 1. The van der Waals surface area contributed by atoms with Crippen LogP contribution in [0.25, 0.3) is 0 Å². The Morgan fingerprint density at radius 2 is 2.27 bits per heavy atom. The summed E-state index contributed by atoms with van der Waals surface area (Å²) in [5.41, 5.74) is 0.363. The summed E-state index contributed by atoms with van der Waals surface area (Å²) < 4.78 is 1.67. The molecule has 0 saturated carbocycles. The molecule has 0 atom stereocenters. The molecule has 1 rings (SSSR count). The maximum Gasteiger partial charge on any atom is 0.232 e. The van der Waals surface area contributed by atoms with Crippen LogP contribution in [-0.4, -0.2) is 21.6 Å². The molecule has 0 unspecified atom stereocenters. The van der Waals surface area contributed by atoms with Gasteiger partial charge < -0.3 is 5.32 Å². The lowest BCUT2D eigenvalue weighted by molar-refractivity contribution is -0.123. The Kier molecular flexibility index (Phi) is 3.39. The topological polar surface area (TPSA) is 46.9 Å². The lowest BCUT2D eigenvalue weighted by Gasteiger charge is -2.19. The van der Waals surface area contributed by atoms with Crippen LogP contribution in [0.15, 0.2) is 6.20 Å². The fourth-order valence-electron chi connectivity index (χ4n) is 1.07. The van der Waals surface area contributed by atoms with Crippen LogP contribution < -0.4 is 5.32 Å². The van der Waals surface area contributed by atoms with Crippen molar-refractivity contribution in [2.75, 3.05) is 11.2 Å². The molecule has 1 amide bonds. The normalized spacial score (nSPS) is 11.5. The summed E-state index contributed by atoms with van der Waals surface area (Å²) in [6.45, 7) is 5.50. The summed E-state index contributed by atoms with van der Waals surface area (Å²) >= 11 is 5.71. The minimum absolute atomic E-state index is 0.112. The van der Waals surface area contributed by atoms with Gasteiger partial charge in [-0.2, -0.15) is 5.10 Å². The number of nitrogens with one attached hydrogen (secondary N) is 1. The Morgan fingerprint density at radius 3 is 2.67 bits per heavy atom. The fraction of sp³-hybridized carbons (Fsp3) is 0.600. The molecule has 1 aromatic rings. The monoisotopic (exact) mass is 229 g/mol. The molecule has 0 saturated heterocycles. The number of anilines is 1. The molecule has 0 bridgehead atoms. The van der Waals surface area contributed by atoms with Crippen molar-refractivity contribution < 1.29 is 4.79 Å². The predicted molar refractivity (Wildman–Crippen MR) is 61.1 cm³/mol. The summed E-state index contributed by atoms with van der Waals surface area (Å²) in [7, 11) is 1.81. The second kappa shape index (κ2) is 4.23. The number of halogens is 1. The number of aryl methyl sites for hydroxylation is 2. The van der Waals surface area contributed by atoms with Gasteiger partial charge in [0.1, 0.15) is 0 Å². The Hall–Kier alpha value is -1.03. The average molecular weight is 230 g/mol. The van der Waals surface area contributed by atoms with Gasteiger partial charge in [0.2, 0.25) is 5.91 Å². The zero-order chi connectivity index (χ0) is 11.6. The van der Waals surface area contributed by atoms with Crippen molar-refractivity contribution in [2.45, 2.75) is 20.8 Å². The number of amides is 1. The zero-order valence-electron chi connectivity index (χ0n) is 9.47. The van der Waals surface area contributed by atoms with Crippen molar-refractivity contribution in [1.29, 1.82) is 0 Å². The second-order valence-corrected chi connectivity index (χ2v) is 4.57. The van der Waals surface area contributed by atoms with Crippen molar-refractivity contribution in [3.05, 3.63) is 11.8 Å². The highest BCUT2D eigenvalue weighted by Crippen LogP contribution is 2.20. The van der Waals surface area contributed by atoms with Crippen molar-refractivity contribution in [1.82, 2.24) is 9.78 Å². The third-order valence-corrected chi connectivity index (χ3v) is 2.86.